The van der Waals surface area contributed by atoms with Crippen molar-refractivity contribution in [1.82, 2.24) is 4.40 Å². The highest BCUT2D eigenvalue weighted by atomic mass is 16.1. The van der Waals surface area contributed by atoms with Crippen molar-refractivity contribution in [2.24, 2.45) is 5.41 Å². The van der Waals surface area contributed by atoms with Gasteiger partial charge in [-0.1, -0.05) is 142 Å². The molecule has 58 heavy (non-hydrogen) atoms. The normalized spacial score (nSPS) is 13.3. The molecule has 10 rings (SSSR count). The van der Waals surface area contributed by atoms with Crippen LogP contribution in [-0.2, 0) is 0 Å². The smallest absolute Gasteiger partial charge is 0.197 e. The molecule has 0 fully saturated rings. The zero-order chi connectivity index (χ0) is 39.5. The van der Waals surface area contributed by atoms with E-state index < -0.39 is 0 Å². The van der Waals surface area contributed by atoms with E-state index in [2.05, 4.69) is 139 Å². The maximum Gasteiger partial charge on any atom is 0.197 e. The highest BCUT2D eigenvalue weighted by molar-refractivity contribution is 6.09. The quantitative estimate of drug-likeness (QED) is 0.126. The van der Waals surface area contributed by atoms with Crippen LogP contribution >= 0.6 is 0 Å². The Morgan fingerprint density at radius 2 is 1.00 bits per heavy atom. The highest BCUT2D eigenvalue weighted by Crippen LogP contribution is 2.41. The second-order valence-corrected chi connectivity index (χ2v) is 16.4. The summed E-state index contributed by atoms with van der Waals surface area (Å²) in [6, 6.07) is 55.7. The van der Waals surface area contributed by atoms with Crippen LogP contribution in [0.2, 0.25) is 0 Å². The molecule has 2 heterocycles. The molecule has 0 radical (unpaired) electrons. The predicted octanol–water partition coefficient (Wildman–Crippen LogP) is 13.3. The summed E-state index contributed by atoms with van der Waals surface area (Å²) >= 11 is 0. The van der Waals surface area contributed by atoms with Crippen LogP contribution in [-0.4, -0.2) is 4.40 Å². The van der Waals surface area contributed by atoms with E-state index in [9.17, 15) is 9.59 Å². The Balaban J connectivity index is 1.18. The fourth-order valence-corrected chi connectivity index (χ4v) is 8.89. The fourth-order valence-electron chi connectivity index (χ4n) is 8.89. The molecule has 0 saturated heterocycles. The zero-order valence-corrected chi connectivity index (χ0v) is 32.9. The van der Waals surface area contributed by atoms with Gasteiger partial charge in [0.25, 0.3) is 0 Å². The van der Waals surface area contributed by atoms with Gasteiger partial charge < -0.3 is 9.30 Å². The van der Waals surface area contributed by atoms with Crippen LogP contribution < -0.4 is 15.8 Å². The third-order valence-corrected chi connectivity index (χ3v) is 11.9. The van der Waals surface area contributed by atoms with Gasteiger partial charge in [0.1, 0.15) is 0 Å². The second kappa shape index (κ2) is 13.9. The molecule has 0 amide bonds. The molecule has 4 heteroatoms. The van der Waals surface area contributed by atoms with E-state index in [1.54, 1.807) is 0 Å². The van der Waals surface area contributed by atoms with Crippen molar-refractivity contribution in [3.8, 4) is 33.4 Å². The van der Waals surface area contributed by atoms with Crippen molar-refractivity contribution >= 4 is 49.5 Å². The molecule has 0 unspecified atom stereocenters. The topological polar surface area (TPSA) is 41.8 Å². The number of benzene rings is 7. The summed E-state index contributed by atoms with van der Waals surface area (Å²) in [4.78, 5) is 31.4. The van der Waals surface area contributed by atoms with E-state index in [1.807, 2.05) is 66.7 Å². The van der Waals surface area contributed by atoms with Crippen LogP contribution in [0.1, 0.15) is 33.6 Å². The van der Waals surface area contributed by atoms with Crippen molar-refractivity contribution in [3.05, 3.63) is 208 Å². The van der Waals surface area contributed by atoms with E-state index >= 15 is 0 Å². The Bertz CT molecular complexity index is 3230. The van der Waals surface area contributed by atoms with Gasteiger partial charge in [0.15, 0.2) is 10.9 Å². The third-order valence-electron chi connectivity index (χ3n) is 11.9. The number of hydrogen-bond acceptors (Lipinski definition) is 3. The predicted molar refractivity (Wildman–Crippen MR) is 243 cm³/mol. The number of pyridine rings is 2. The highest BCUT2D eigenvalue weighted by Gasteiger charge is 2.24. The molecule has 0 N–H and O–H groups in total. The first-order chi connectivity index (χ1) is 28.2. The Kier molecular flexibility index (Phi) is 8.45. The Morgan fingerprint density at radius 1 is 0.466 bits per heavy atom. The summed E-state index contributed by atoms with van der Waals surface area (Å²) in [6.45, 7) is 6.81. The van der Waals surface area contributed by atoms with Gasteiger partial charge in [-0.2, -0.15) is 0 Å². The van der Waals surface area contributed by atoms with Gasteiger partial charge >= 0.3 is 0 Å². The number of fused-ring (bicyclic) bond motifs is 4. The molecule has 0 aliphatic heterocycles. The molecule has 4 nitrogen and oxygen atoms in total. The van der Waals surface area contributed by atoms with Crippen LogP contribution in [0.25, 0.3) is 71.5 Å². The van der Waals surface area contributed by atoms with Crippen molar-refractivity contribution < 1.29 is 0 Å². The van der Waals surface area contributed by atoms with Crippen molar-refractivity contribution in [3.63, 3.8) is 0 Å². The van der Waals surface area contributed by atoms with Gasteiger partial charge in [0.05, 0.1) is 16.6 Å². The lowest BCUT2D eigenvalue weighted by atomic mass is 9.81. The van der Waals surface area contributed by atoms with Gasteiger partial charge in [-0.05, 0) is 112 Å². The van der Waals surface area contributed by atoms with Crippen molar-refractivity contribution in [2.45, 2.75) is 33.6 Å². The molecule has 0 spiro atoms. The van der Waals surface area contributed by atoms with E-state index in [4.69, 9.17) is 0 Å². The minimum atomic E-state index is -0.0819. The molecule has 0 saturated carbocycles. The van der Waals surface area contributed by atoms with Gasteiger partial charge in [0.2, 0.25) is 0 Å². The van der Waals surface area contributed by atoms with Gasteiger partial charge in [0, 0.05) is 38.6 Å². The van der Waals surface area contributed by atoms with Crippen LogP contribution in [0, 0.1) is 5.41 Å². The van der Waals surface area contributed by atoms with Gasteiger partial charge in [-0.3, -0.25) is 9.59 Å². The Labute approximate surface area is 337 Å². The summed E-state index contributed by atoms with van der Waals surface area (Å²) in [5.41, 5.74) is 13.2. The molecule has 280 valence electrons. The zero-order valence-electron chi connectivity index (χ0n) is 32.9. The largest absolute Gasteiger partial charge is 0.314 e. The lowest BCUT2D eigenvalue weighted by molar-refractivity contribution is 0.479. The van der Waals surface area contributed by atoms with E-state index in [1.165, 1.54) is 16.8 Å². The number of allylic oxidation sites excluding steroid dienone is 4. The monoisotopic (exact) mass is 750 g/mol. The molecular weight excluding hydrogens is 709 g/mol. The van der Waals surface area contributed by atoms with Crippen LogP contribution in [0.5, 0.6) is 0 Å². The molecule has 2 aromatic heterocycles. The summed E-state index contributed by atoms with van der Waals surface area (Å²) in [7, 11) is 0. The van der Waals surface area contributed by atoms with Crippen molar-refractivity contribution in [1.29, 1.82) is 0 Å². The summed E-state index contributed by atoms with van der Waals surface area (Å²) in [5.74, 6) is 0. The lowest BCUT2D eigenvalue weighted by Gasteiger charge is -2.32. The first kappa shape index (κ1) is 35.4. The Morgan fingerprint density at radius 3 is 1.62 bits per heavy atom. The molecule has 1 aliphatic rings. The Hall–Kier alpha value is -7.04. The van der Waals surface area contributed by atoms with Crippen molar-refractivity contribution in [2.75, 3.05) is 4.90 Å². The molecule has 1 aliphatic carbocycles. The molecule has 7 aromatic carbocycles. The van der Waals surface area contributed by atoms with E-state index in [0.29, 0.717) is 27.1 Å². The second-order valence-electron chi connectivity index (χ2n) is 16.4. The van der Waals surface area contributed by atoms with E-state index in [0.717, 1.165) is 63.1 Å². The number of aromatic nitrogens is 1. The summed E-state index contributed by atoms with van der Waals surface area (Å²) in [5, 5.41) is 2.29. The fraction of sp³-hybridized carbons (Fsp3) is 0.111. The standard InChI is InChI=1S/C54H42N2O2/c1-54(2,3)39-24-28-41(29-25-39)55(40-26-21-36(22-27-40)35-13-6-4-7-14-35)42-30-32-50-48(34-42)53(58)46-20-12-19-45-51(46)56(50)49-31-23-38(33-47(49)52(45)57)44-18-11-10-17-43(44)37-15-8-5-9-16-37/h4-24,26-28,30-34H,25,29H2,1-3H3. The van der Waals surface area contributed by atoms with E-state index in [-0.39, 0.29) is 16.3 Å². The number of rotatable bonds is 6. The summed E-state index contributed by atoms with van der Waals surface area (Å²) < 4.78 is 2.13. The molecule has 0 atom stereocenters. The lowest BCUT2D eigenvalue weighted by Crippen LogP contribution is -2.21. The number of para-hydroxylation sites is 1. The number of anilines is 2. The first-order valence-electron chi connectivity index (χ1n) is 20.1. The summed E-state index contributed by atoms with van der Waals surface area (Å²) in [6.07, 6.45) is 6.36. The first-order valence-corrected chi connectivity index (χ1v) is 20.1. The SMILES string of the molecule is CC(C)(C)C1=CC=C(N(c2ccc(-c3ccccc3)cc2)c2ccc3c(c2)c(=O)c2cccc4c(=O)c5cc(-c6ccccc6-c6ccccc6)ccc5n3c42)CC1. The number of hydrogen-bond donors (Lipinski definition) is 0. The minimum absolute atomic E-state index is 0.0768. The third kappa shape index (κ3) is 5.92. The average Bonchev–Trinajstić information content (AvgIpc) is 3.27. The molecular formula is C54H42N2O2. The van der Waals surface area contributed by atoms with Crippen LogP contribution in [0.4, 0.5) is 11.4 Å². The maximum absolute atomic E-state index is 14.6. The maximum atomic E-state index is 14.6. The minimum Gasteiger partial charge on any atom is -0.314 e. The average molecular weight is 751 g/mol. The van der Waals surface area contributed by atoms with Gasteiger partial charge in [-0.25, -0.2) is 0 Å². The van der Waals surface area contributed by atoms with Crippen LogP contribution in [0.15, 0.2) is 197 Å². The number of nitrogens with zero attached hydrogens (tertiary/aromatic N) is 2. The molecule has 9 aromatic rings. The molecule has 0 bridgehead atoms. The van der Waals surface area contributed by atoms with Crippen LogP contribution in [0.3, 0.4) is 0 Å². The van der Waals surface area contributed by atoms with Gasteiger partial charge in [-0.15, -0.1) is 0 Å².